The second kappa shape index (κ2) is 6.32. The maximum atomic E-state index is 12.1. The second-order valence-corrected chi connectivity index (χ2v) is 5.46. The lowest BCUT2D eigenvalue weighted by Crippen LogP contribution is -2.56. The number of aliphatic hydroxyl groups excluding tert-OH is 1. The van der Waals surface area contributed by atoms with Crippen molar-refractivity contribution in [1.82, 2.24) is 10.3 Å². The predicted molar refractivity (Wildman–Crippen MR) is 74.0 cm³/mol. The summed E-state index contributed by atoms with van der Waals surface area (Å²) in [5, 5.41) is 13.3. The number of rotatable bonds is 3. The monoisotopic (exact) mass is 322 g/mol. The van der Waals surface area contributed by atoms with Gasteiger partial charge in [-0.2, -0.15) is 0 Å². The molecule has 0 radical (unpaired) electrons. The molecule has 0 unspecified atom stereocenters. The molecule has 1 aromatic heterocycles. The summed E-state index contributed by atoms with van der Waals surface area (Å²) >= 11 is 11.6. The van der Waals surface area contributed by atoms with Crippen LogP contribution in [-0.4, -0.2) is 47.6 Å². The summed E-state index contributed by atoms with van der Waals surface area (Å²) in [6.07, 6.45) is -1.35. The van der Waals surface area contributed by atoms with E-state index in [4.69, 9.17) is 32.7 Å². The molecule has 0 aliphatic carbocycles. The predicted octanol–water partition coefficient (Wildman–Crippen LogP) is 1.56. The summed E-state index contributed by atoms with van der Waals surface area (Å²) < 4.78 is 10.6. The minimum absolute atomic E-state index is 0.157. The Morgan fingerprint density at radius 3 is 2.80 bits per heavy atom. The van der Waals surface area contributed by atoms with E-state index in [0.29, 0.717) is 0 Å². The molecule has 3 N–H and O–H groups in total. The molecule has 0 bridgehead atoms. The number of hydrogen-bond donors (Lipinski definition) is 3. The van der Waals surface area contributed by atoms with Crippen LogP contribution in [0.15, 0.2) is 6.07 Å². The van der Waals surface area contributed by atoms with Gasteiger partial charge in [0.25, 0.3) is 5.91 Å². The molecule has 20 heavy (non-hydrogen) atoms. The number of aliphatic hydroxyl groups is 1. The zero-order chi connectivity index (χ0) is 14.9. The fourth-order valence-electron chi connectivity index (χ4n) is 2.19. The largest absolute Gasteiger partial charge is 0.391 e. The minimum Gasteiger partial charge on any atom is -0.391 e. The SMILES string of the molecule is CO[C@H]1C[C@@H](O)[C@H](NC(=O)c2[nH]c(Cl)cc2Cl)[C@@H](C)O1. The van der Waals surface area contributed by atoms with Gasteiger partial charge in [-0.25, -0.2) is 0 Å². The molecule has 1 fully saturated rings. The van der Waals surface area contributed by atoms with Gasteiger partial charge in [0.05, 0.1) is 23.3 Å². The van der Waals surface area contributed by atoms with Crippen LogP contribution >= 0.6 is 23.2 Å². The number of amides is 1. The normalized spacial score (nSPS) is 30.2. The van der Waals surface area contributed by atoms with Crippen molar-refractivity contribution in [3.8, 4) is 0 Å². The van der Waals surface area contributed by atoms with Crippen LogP contribution in [0.3, 0.4) is 0 Å². The lowest BCUT2D eigenvalue weighted by molar-refractivity contribution is -0.208. The Morgan fingerprint density at radius 2 is 2.30 bits per heavy atom. The average Bonchev–Trinajstić information content (AvgIpc) is 2.72. The molecule has 1 aromatic rings. The van der Waals surface area contributed by atoms with Crippen LogP contribution in [0.2, 0.25) is 10.2 Å². The van der Waals surface area contributed by atoms with Gasteiger partial charge >= 0.3 is 0 Å². The molecule has 0 saturated carbocycles. The van der Waals surface area contributed by atoms with Gasteiger partial charge in [-0.3, -0.25) is 4.79 Å². The number of hydrogen-bond acceptors (Lipinski definition) is 4. The Kier molecular flexibility index (Phi) is 4.93. The van der Waals surface area contributed by atoms with Crippen molar-refractivity contribution in [1.29, 1.82) is 0 Å². The highest BCUT2D eigenvalue weighted by atomic mass is 35.5. The highest BCUT2D eigenvalue weighted by Gasteiger charge is 2.37. The van der Waals surface area contributed by atoms with Gasteiger partial charge < -0.3 is 24.9 Å². The van der Waals surface area contributed by atoms with E-state index in [2.05, 4.69) is 10.3 Å². The highest BCUT2D eigenvalue weighted by molar-refractivity contribution is 6.36. The van der Waals surface area contributed by atoms with Crippen molar-refractivity contribution < 1.29 is 19.4 Å². The van der Waals surface area contributed by atoms with Gasteiger partial charge in [-0.15, -0.1) is 0 Å². The third-order valence-electron chi connectivity index (χ3n) is 3.25. The topological polar surface area (TPSA) is 83.6 Å². The van der Waals surface area contributed by atoms with Gasteiger partial charge in [0.1, 0.15) is 10.8 Å². The molecule has 4 atom stereocenters. The van der Waals surface area contributed by atoms with Gasteiger partial charge in [-0.05, 0) is 13.0 Å². The summed E-state index contributed by atoms with van der Waals surface area (Å²) in [5.41, 5.74) is 0.157. The van der Waals surface area contributed by atoms with Crippen LogP contribution in [0.25, 0.3) is 0 Å². The Labute approximate surface area is 126 Å². The number of methoxy groups -OCH3 is 1. The number of nitrogens with one attached hydrogen (secondary N) is 2. The summed E-state index contributed by atoms with van der Waals surface area (Å²) in [6.45, 7) is 1.75. The van der Waals surface area contributed by atoms with Gasteiger partial charge in [0.15, 0.2) is 6.29 Å². The number of ether oxygens (including phenoxy) is 2. The fraction of sp³-hybridized carbons (Fsp3) is 0.583. The van der Waals surface area contributed by atoms with E-state index < -0.39 is 30.4 Å². The first-order valence-corrected chi connectivity index (χ1v) is 6.89. The summed E-state index contributed by atoms with van der Waals surface area (Å²) in [5.74, 6) is -0.447. The first kappa shape index (κ1) is 15.6. The fourth-order valence-corrected chi connectivity index (χ4v) is 2.69. The third kappa shape index (κ3) is 3.27. The van der Waals surface area contributed by atoms with Crippen molar-refractivity contribution in [2.45, 2.75) is 37.9 Å². The van der Waals surface area contributed by atoms with Crippen LogP contribution in [0.4, 0.5) is 0 Å². The number of aromatic amines is 1. The van der Waals surface area contributed by atoms with Crippen molar-refractivity contribution in [3.05, 3.63) is 21.9 Å². The number of aromatic nitrogens is 1. The molecule has 1 saturated heterocycles. The van der Waals surface area contributed by atoms with Crippen LogP contribution in [0.5, 0.6) is 0 Å². The molecule has 2 rings (SSSR count). The Balaban J connectivity index is 2.06. The van der Waals surface area contributed by atoms with E-state index >= 15 is 0 Å². The van der Waals surface area contributed by atoms with E-state index in [1.54, 1.807) is 6.92 Å². The molecule has 1 aliphatic rings. The van der Waals surface area contributed by atoms with Gasteiger partial charge in [-0.1, -0.05) is 23.2 Å². The van der Waals surface area contributed by atoms with Gasteiger partial charge in [0.2, 0.25) is 0 Å². The molecule has 1 aliphatic heterocycles. The first-order valence-electron chi connectivity index (χ1n) is 6.13. The first-order chi connectivity index (χ1) is 9.42. The maximum absolute atomic E-state index is 12.1. The van der Waals surface area contributed by atoms with E-state index in [1.165, 1.54) is 13.2 Å². The minimum atomic E-state index is -0.767. The summed E-state index contributed by atoms with van der Waals surface area (Å²) in [6, 6.07) is 0.892. The van der Waals surface area contributed by atoms with Crippen LogP contribution in [0.1, 0.15) is 23.8 Å². The quantitative estimate of drug-likeness (QED) is 0.788. The molecular weight excluding hydrogens is 307 g/mol. The van der Waals surface area contributed by atoms with Crippen molar-refractivity contribution in [2.75, 3.05) is 7.11 Å². The van der Waals surface area contributed by atoms with Crippen LogP contribution in [0, 0.1) is 0 Å². The molecular formula is C12H16Cl2N2O4. The zero-order valence-electron chi connectivity index (χ0n) is 11.0. The van der Waals surface area contributed by atoms with Gasteiger partial charge in [0, 0.05) is 13.5 Å². The Morgan fingerprint density at radius 1 is 1.60 bits per heavy atom. The molecule has 1 amide bonds. The molecule has 0 aromatic carbocycles. The van der Waals surface area contributed by atoms with E-state index in [1.807, 2.05) is 0 Å². The van der Waals surface area contributed by atoms with Crippen LogP contribution < -0.4 is 5.32 Å². The van der Waals surface area contributed by atoms with Crippen molar-refractivity contribution in [3.63, 3.8) is 0 Å². The Bertz CT molecular complexity index is 482. The Hall–Kier alpha value is -0.790. The number of carbonyl (C=O) groups is 1. The molecule has 2 heterocycles. The highest BCUT2D eigenvalue weighted by Crippen LogP contribution is 2.23. The van der Waals surface area contributed by atoms with Crippen molar-refractivity contribution >= 4 is 29.1 Å². The molecule has 8 heteroatoms. The van der Waals surface area contributed by atoms with Crippen LogP contribution in [-0.2, 0) is 9.47 Å². The lowest BCUT2D eigenvalue weighted by atomic mass is 9.99. The summed E-state index contributed by atoms with van der Waals surface area (Å²) in [4.78, 5) is 14.8. The van der Waals surface area contributed by atoms with E-state index in [9.17, 15) is 9.90 Å². The number of H-pyrrole nitrogens is 1. The molecule has 6 nitrogen and oxygen atoms in total. The molecule has 112 valence electrons. The van der Waals surface area contributed by atoms with E-state index in [-0.39, 0.29) is 22.3 Å². The lowest BCUT2D eigenvalue weighted by Gasteiger charge is -2.37. The third-order valence-corrected chi connectivity index (χ3v) is 3.75. The summed E-state index contributed by atoms with van der Waals surface area (Å²) in [7, 11) is 1.50. The number of halogens is 2. The molecule has 0 spiro atoms. The maximum Gasteiger partial charge on any atom is 0.269 e. The average molecular weight is 323 g/mol. The van der Waals surface area contributed by atoms with Crippen molar-refractivity contribution in [2.24, 2.45) is 0 Å². The zero-order valence-corrected chi connectivity index (χ0v) is 12.5. The van der Waals surface area contributed by atoms with E-state index in [0.717, 1.165) is 0 Å². The number of carbonyl (C=O) groups excluding carboxylic acids is 1. The second-order valence-electron chi connectivity index (χ2n) is 4.65. The smallest absolute Gasteiger partial charge is 0.269 e. The standard InChI is InChI=1S/C12H16Cl2N2O4/c1-5-10(7(17)4-9(19-2)20-5)16-12(18)11-6(13)3-8(14)15-11/h3,5,7,9-10,15,17H,4H2,1-2H3,(H,16,18)/t5-,7-,9-,10-/m1/s1.